The molecule has 1 aromatic heterocycles. The lowest BCUT2D eigenvalue weighted by molar-refractivity contribution is -0.140. The van der Waals surface area contributed by atoms with Crippen LogP contribution in [0.25, 0.3) is 0 Å². The van der Waals surface area contributed by atoms with Gasteiger partial charge in [0.25, 0.3) is 5.91 Å². The van der Waals surface area contributed by atoms with Gasteiger partial charge in [0, 0.05) is 17.0 Å². The van der Waals surface area contributed by atoms with Crippen molar-refractivity contribution in [3.8, 4) is 11.5 Å². The van der Waals surface area contributed by atoms with Gasteiger partial charge in [0.15, 0.2) is 30.5 Å². The number of rotatable bonds is 10. The fourth-order valence-corrected chi connectivity index (χ4v) is 4.98. The van der Waals surface area contributed by atoms with E-state index in [4.69, 9.17) is 24.4 Å². The van der Waals surface area contributed by atoms with Crippen molar-refractivity contribution in [1.82, 2.24) is 10.2 Å². The molecule has 1 aromatic carbocycles. The van der Waals surface area contributed by atoms with Crippen LogP contribution in [0.2, 0.25) is 0 Å². The number of hydrogen-bond acceptors (Lipinski definition) is 9. The van der Waals surface area contributed by atoms with E-state index in [-0.39, 0.29) is 23.6 Å². The molecule has 0 radical (unpaired) electrons. The molecule has 1 aliphatic heterocycles. The lowest BCUT2D eigenvalue weighted by atomic mass is 10.0. The number of carbonyl (C=O) groups excluding carboxylic acids is 3. The van der Waals surface area contributed by atoms with Gasteiger partial charge in [-0.15, -0.1) is 11.3 Å². The summed E-state index contributed by atoms with van der Waals surface area (Å²) in [4.78, 5) is 63.0. The third-order valence-corrected chi connectivity index (χ3v) is 6.94. The topological polar surface area (TPSA) is 169 Å². The normalized spacial score (nSPS) is 12.8. The fraction of sp³-hybridized carbons (Fsp3) is 0.423. The molecule has 0 fully saturated rings. The van der Waals surface area contributed by atoms with Gasteiger partial charge in [-0.05, 0) is 63.4 Å². The van der Waals surface area contributed by atoms with Crippen LogP contribution in [0.5, 0.6) is 11.5 Å². The molecule has 210 valence electrons. The summed E-state index contributed by atoms with van der Waals surface area (Å²) < 4.78 is 15.7. The average Bonchev–Trinajstić information content (AvgIpc) is 3.19. The molecule has 12 nitrogen and oxygen atoms in total. The SMILES string of the molecule is Cc1c(C(=O)NCC(=O)c2ccc(OCC(=O)O)c(OCC(=O)O)c2)sc2c1CN(C(=O)OC(C)(C)C)CC2. The maximum atomic E-state index is 12.9. The molecule has 0 atom stereocenters. The first-order valence-electron chi connectivity index (χ1n) is 12.0. The molecule has 2 aromatic rings. The highest BCUT2D eigenvalue weighted by Crippen LogP contribution is 2.33. The smallest absolute Gasteiger partial charge is 0.410 e. The number of carbonyl (C=O) groups is 5. The van der Waals surface area contributed by atoms with Crippen LogP contribution < -0.4 is 14.8 Å². The monoisotopic (exact) mass is 562 g/mol. The third kappa shape index (κ3) is 7.93. The zero-order valence-corrected chi connectivity index (χ0v) is 22.8. The summed E-state index contributed by atoms with van der Waals surface area (Å²) in [6.07, 6.45) is 0.170. The molecule has 0 spiro atoms. The van der Waals surface area contributed by atoms with E-state index in [1.807, 2.05) is 0 Å². The number of fused-ring (bicyclic) bond motifs is 1. The zero-order valence-electron chi connectivity index (χ0n) is 22.0. The largest absolute Gasteiger partial charge is 0.479 e. The number of ketones is 1. The second-order valence-electron chi connectivity index (χ2n) is 9.74. The van der Waals surface area contributed by atoms with Crippen LogP contribution in [0.4, 0.5) is 4.79 Å². The first-order chi connectivity index (χ1) is 18.2. The number of hydrogen-bond donors (Lipinski definition) is 3. The molecular weight excluding hydrogens is 532 g/mol. The Morgan fingerprint density at radius 2 is 1.67 bits per heavy atom. The molecule has 2 heterocycles. The highest BCUT2D eigenvalue weighted by Gasteiger charge is 2.30. The summed E-state index contributed by atoms with van der Waals surface area (Å²) in [6.45, 7) is 6.22. The van der Waals surface area contributed by atoms with Gasteiger partial charge in [0.1, 0.15) is 5.60 Å². The van der Waals surface area contributed by atoms with E-state index in [2.05, 4.69) is 5.32 Å². The van der Waals surface area contributed by atoms with Crippen molar-refractivity contribution in [2.45, 2.75) is 46.3 Å². The number of aliphatic carboxylic acids is 2. The van der Waals surface area contributed by atoms with Gasteiger partial charge in [-0.1, -0.05) is 0 Å². The van der Waals surface area contributed by atoms with Gasteiger partial charge in [-0.2, -0.15) is 0 Å². The van der Waals surface area contributed by atoms with Crippen molar-refractivity contribution in [2.24, 2.45) is 0 Å². The van der Waals surface area contributed by atoms with Crippen LogP contribution in [-0.2, 0) is 27.3 Å². The Morgan fingerprint density at radius 3 is 2.28 bits per heavy atom. The Morgan fingerprint density at radius 1 is 1.03 bits per heavy atom. The molecular formula is C26H30N2O10S. The van der Waals surface area contributed by atoms with E-state index in [0.29, 0.717) is 24.4 Å². The van der Waals surface area contributed by atoms with E-state index in [0.717, 1.165) is 16.0 Å². The molecule has 0 bridgehead atoms. The predicted octanol–water partition coefficient (Wildman–Crippen LogP) is 2.89. The molecule has 0 unspecified atom stereocenters. The van der Waals surface area contributed by atoms with Crippen molar-refractivity contribution < 1.29 is 48.4 Å². The fourth-order valence-electron chi connectivity index (χ4n) is 3.76. The predicted molar refractivity (Wildman–Crippen MR) is 139 cm³/mol. The van der Waals surface area contributed by atoms with Gasteiger partial charge < -0.3 is 34.6 Å². The molecule has 0 aliphatic carbocycles. The Balaban J connectivity index is 1.67. The summed E-state index contributed by atoms with van der Waals surface area (Å²) in [5, 5.41) is 20.3. The highest BCUT2D eigenvalue weighted by molar-refractivity contribution is 7.14. The van der Waals surface area contributed by atoms with Crippen LogP contribution in [0.1, 0.15) is 56.8 Å². The average molecular weight is 563 g/mol. The number of benzene rings is 1. The standard InChI is InChI=1S/C26H30N2O10S/c1-14-16-11-28(25(35)38-26(2,3)4)8-7-20(16)39-23(14)24(34)27-10-17(29)15-5-6-18(36-12-21(30)31)19(9-15)37-13-22(32)33/h5-6,9H,7-8,10-13H2,1-4H3,(H,27,34)(H,30,31)(H,32,33). The molecule has 13 heteroatoms. The van der Waals surface area contributed by atoms with E-state index in [1.54, 1.807) is 32.6 Å². The quantitative estimate of drug-likeness (QED) is 0.366. The van der Waals surface area contributed by atoms with E-state index < -0.39 is 48.5 Å². The van der Waals surface area contributed by atoms with Crippen LogP contribution in [0.15, 0.2) is 18.2 Å². The number of nitrogens with one attached hydrogen (secondary N) is 1. The number of thiophene rings is 1. The summed E-state index contributed by atoms with van der Waals surface area (Å²) in [5.41, 5.74) is 1.12. The Kier molecular flexibility index (Phi) is 9.17. The van der Waals surface area contributed by atoms with Crippen LogP contribution in [-0.4, -0.2) is 76.7 Å². The molecule has 3 rings (SSSR count). The lowest BCUT2D eigenvalue weighted by Crippen LogP contribution is -2.39. The third-order valence-electron chi connectivity index (χ3n) is 5.55. The minimum Gasteiger partial charge on any atom is -0.479 e. The van der Waals surface area contributed by atoms with Crippen molar-refractivity contribution in [1.29, 1.82) is 0 Å². The molecule has 2 amide bonds. The summed E-state index contributed by atoms with van der Waals surface area (Å²) >= 11 is 1.32. The number of nitrogens with zero attached hydrogens (tertiary/aromatic N) is 1. The maximum Gasteiger partial charge on any atom is 0.410 e. The second kappa shape index (κ2) is 12.2. The molecule has 0 saturated carbocycles. The van der Waals surface area contributed by atoms with Crippen LogP contribution in [0, 0.1) is 6.92 Å². The van der Waals surface area contributed by atoms with Crippen molar-refractivity contribution in [2.75, 3.05) is 26.3 Å². The van der Waals surface area contributed by atoms with Gasteiger partial charge in [0.05, 0.1) is 18.0 Å². The van der Waals surface area contributed by atoms with Gasteiger partial charge in [0.2, 0.25) is 0 Å². The maximum absolute atomic E-state index is 12.9. The van der Waals surface area contributed by atoms with E-state index in [1.165, 1.54) is 29.5 Å². The Hall–Kier alpha value is -4.13. The summed E-state index contributed by atoms with van der Waals surface area (Å²) in [7, 11) is 0. The van der Waals surface area contributed by atoms with Crippen LogP contribution >= 0.6 is 11.3 Å². The molecule has 0 saturated heterocycles. The number of carboxylic acid groups (broad SMARTS) is 2. The van der Waals surface area contributed by atoms with Crippen molar-refractivity contribution >= 4 is 41.1 Å². The minimum atomic E-state index is -1.27. The summed E-state index contributed by atoms with van der Waals surface area (Å²) in [6, 6.07) is 3.89. The zero-order chi connectivity index (χ0) is 28.9. The minimum absolute atomic E-state index is 0.0422. The molecule has 1 aliphatic rings. The van der Waals surface area contributed by atoms with Gasteiger partial charge in [-0.3, -0.25) is 9.59 Å². The first-order valence-corrected chi connectivity index (χ1v) is 12.8. The van der Waals surface area contributed by atoms with Crippen LogP contribution in [0.3, 0.4) is 0 Å². The van der Waals surface area contributed by atoms with Crippen molar-refractivity contribution in [3.63, 3.8) is 0 Å². The highest BCUT2D eigenvalue weighted by atomic mass is 32.1. The Bertz CT molecular complexity index is 1290. The molecule has 3 N–H and O–H groups in total. The van der Waals surface area contributed by atoms with E-state index >= 15 is 0 Å². The number of Topliss-reactive ketones (excluding diaryl/α,β-unsaturated/α-hetero) is 1. The van der Waals surface area contributed by atoms with Gasteiger partial charge >= 0.3 is 18.0 Å². The summed E-state index contributed by atoms with van der Waals surface area (Å²) in [5.74, 6) is -3.60. The first kappa shape index (κ1) is 29.4. The van der Waals surface area contributed by atoms with Gasteiger partial charge in [-0.25, -0.2) is 14.4 Å². The lowest BCUT2D eigenvalue weighted by Gasteiger charge is -2.30. The number of ether oxygens (including phenoxy) is 3. The van der Waals surface area contributed by atoms with E-state index in [9.17, 15) is 24.0 Å². The second-order valence-corrected chi connectivity index (χ2v) is 10.8. The number of carboxylic acids is 2. The molecule has 39 heavy (non-hydrogen) atoms. The number of amides is 2. The Labute approximate surface area is 228 Å². The van der Waals surface area contributed by atoms with Crippen molar-refractivity contribution in [3.05, 3.63) is 44.6 Å².